The fraction of sp³-hybridized carbons (Fsp3) is 0.500. The summed E-state index contributed by atoms with van der Waals surface area (Å²) in [6.45, 7) is 10.5. The maximum atomic E-state index is 12.9. The second-order valence-electron chi connectivity index (χ2n) is 7.68. The van der Waals surface area contributed by atoms with Crippen LogP contribution >= 0.6 is 11.6 Å². The van der Waals surface area contributed by atoms with Crippen molar-refractivity contribution in [2.24, 2.45) is 0 Å². The van der Waals surface area contributed by atoms with Gasteiger partial charge in [0.25, 0.3) is 0 Å². The lowest BCUT2D eigenvalue weighted by molar-refractivity contribution is -0.0258. The Kier molecular flexibility index (Phi) is 6.40. The highest BCUT2D eigenvalue weighted by molar-refractivity contribution is 6.30. The van der Waals surface area contributed by atoms with Crippen LogP contribution in [0.3, 0.4) is 0 Å². The summed E-state index contributed by atoms with van der Waals surface area (Å²) in [5, 5.41) is 0.711. The quantitative estimate of drug-likeness (QED) is 0.665. The Morgan fingerprint density at radius 2 is 1.81 bits per heavy atom. The van der Waals surface area contributed by atoms with Gasteiger partial charge < -0.3 is 9.30 Å². The van der Waals surface area contributed by atoms with Crippen LogP contribution in [0.1, 0.15) is 48.4 Å². The van der Waals surface area contributed by atoms with Crippen LogP contribution in [0.25, 0.3) is 5.69 Å². The number of hydrogen-bond donors (Lipinski definition) is 0. The van der Waals surface area contributed by atoms with Crippen molar-refractivity contribution in [1.29, 1.82) is 0 Å². The van der Waals surface area contributed by atoms with Gasteiger partial charge >= 0.3 is 0 Å². The zero-order chi connectivity index (χ0) is 19.6. The number of ketones is 1. The van der Waals surface area contributed by atoms with Crippen LogP contribution in [0, 0.1) is 13.8 Å². The number of nitrogens with zero attached hydrogens (tertiary/aromatic N) is 2. The first-order valence-electron chi connectivity index (χ1n) is 9.71. The predicted octanol–water partition coefficient (Wildman–Crippen LogP) is 4.82. The van der Waals surface area contributed by atoms with E-state index < -0.39 is 0 Å². The number of aromatic nitrogens is 1. The summed E-state index contributed by atoms with van der Waals surface area (Å²) in [4.78, 5) is 15.2. The molecular formula is C22H29ClN2O2. The van der Waals surface area contributed by atoms with E-state index in [1.165, 1.54) is 0 Å². The second-order valence-corrected chi connectivity index (χ2v) is 8.12. The summed E-state index contributed by atoms with van der Waals surface area (Å²) >= 11 is 6.00. The average Bonchev–Trinajstić information content (AvgIpc) is 2.92. The third-order valence-corrected chi connectivity index (χ3v) is 5.43. The summed E-state index contributed by atoms with van der Waals surface area (Å²) in [7, 11) is 0. The first-order chi connectivity index (χ1) is 12.8. The molecule has 2 heterocycles. The highest BCUT2D eigenvalue weighted by atomic mass is 35.5. The summed E-state index contributed by atoms with van der Waals surface area (Å²) in [5.41, 5.74) is 3.88. The molecule has 146 valence electrons. The maximum Gasteiger partial charge on any atom is 0.178 e. The Morgan fingerprint density at radius 3 is 2.41 bits per heavy atom. The number of aryl methyl sites for hydroxylation is 1. The van der Waals surface area contributed by atoms with Crippen LogP contribution in [0.2, 0.25) is 5.02 Å². The smallest absolute Gasteiger partial charge is 0.178 e. The maximum absolute atomic E-state index is 12.9. The molecule has 1 fully saturated rings. The zero-order valence-corrected chi connectivity index (χ0v) is 17.4. The van der Waals surface area contributed by atoms with E-state index in [1.807, 2.05) is 44.2 Å². The van der Waals surface area contributed by atoms with Crippen molar-refractivity contribution in [2.75, 3.05) is 19.6 Å². The molecule has 0 bridgehead atoms. The molecule has 5 heteroatoms. The van der Waals surface area contributed by atoms with Crippen LogP contribution in [0.5, 0.6) is 0 Å². The zero-order valence-electron chi connectivity index (χ0n) is 16.7. The van der Waals surface area contributed by atoms with Crippen LogP contribution in [0.15, 0.2) is 30.3 Å². The SMILES string of the molecule is Cc1cc(C(=O)CN2CCC(OC(C)C)CC2)c(C)n1-c1ccc(Cl)cc1. The number of carbonyl (C=O) groups excluding carboxylic acids is 1. The summed E-state index contributed by atoms with van der Waals surface area (Å²) in [5.74, 6) is 0.187. The van der Waals surface area contributed by atoms with Crippen molar-refractivity contribution < 1.29 is 9.53 Å². The van der Waals surface area contributed by atoms with Gasteiger partial charge in [-0.25, -0.2) is 0 Å². The van der Waals surface area contributed by atoms with Crippen LogP contribution in [0.4, 0.5) is 0 Å². The van der Waals surface area contributed by atoms with E-state index in [0.717, 1.165) is 48.6 Å². The summed E-state index contributed by atoms with van der Waals surface area (Å²) < 4.78 is 8.02. The molecule has 3 rings (SSSR count). The number of likely N-dealkylation sites (tertiary alicyclic amines) is 1. The third kappa shape index (κ3) is 4.81. The number of hydrogen-bond acceptors (Lipinski definition) is 3. The topological polar surface area (TPSA) is 34.5 Å². The molecule has 1 saturated heterocycles. The van der Waals surface area contributed by atoms with Crippen molar-refractivity contribution in [2.45, 2.75) is 52.7 Å². The van der Waals surface area contributed by atoms with Gasteiger partial charge in [0.15, 0.2) is 5.78 Å². The number of carbonyl (C=O) groups is 1. The minimum atomic E-state index is 0.187. The molecule has 0 amide bonds. The number of ether oxygens (including phenoxy) is 1. The first-order valence-corrected chi connectivity index (χ1v) is 10.1. The Bertz CT molecular complexity index is 787. The molecule has 1 aliphatic rings. The van der Waals surface area contributed by atoms with Gasteiger partial charge in [0.1, 0.15) is 0 Å². The lowest BCUT2D eigenvalue weighted by Gasteiger charge is -2.32. The van der Waals surface area contributed by atoms with Gasteiger partial charge in [-0.3, -0.25) is 9.69 Å². The van der Waals surface area contributed by atoms with E-state index in [1.54, 1.807) is 0 Å². The van der Waals surface area contributed by atoms with E-state index in [4.69, 9.17) is 16.3 Å². The molecule has 1 aromatic heterocycles. The number of Topliss-reactive ketones (excluding diaryl/α,β-unsaturated/α-hetero) is 1. The summed E-state index contributed by atoms with van der Waals surface area (Å²) in [6, 6.07) is 9.72. The average molecular weight is 389 g/mol. The minimum absolute atomic E-state index is 0.187. The lowest BCUT2D eigenvalue weighted by Crippen LogP contribution is -2.40. The van der Waals surface area contributed by atoms with Gasteiger partial charge in [-0.2, -0.15) is 0 Å². The lowest BCUT2D eigenvalue weighted by atomic mass is 10.1. The van der Waals surface area contributed by atoms with Crippen LogP contribution in [-0.2, 0) is 4.74 Å². The normalized spacial score (nSPS) is 16.2. The van der Waals surface area contributed by atoms with Crippen LogP contribution in [-0.4, -0.2) is 47.1 Å². The standard InChI is InChI=1S/C22H29ClN2O2/c1-15(2)27-20-9-11-24(12-10-20)14-22(26)21-13-16(3)25(17(21)4)19-7-5-18(23)6-8-19/h5-8,13,15,20H,9-12,14H2,1-4H3. The van der Waals surface area contributed by atoms with Crippen molar-refractivity contribution in [3.63, 3.8) is 0 Å². The van der Waals surface area contributed by atoms with Gasteiger partial charge in [0, 0.05) is 40.8 Å². The molecule has 27 heavy (non-hydrogen) atoms. The highest BCUT2D eigenvalue weighted by Gasteiger charge is 2.24. The number of piperidine rings is 1. The van der Waals surface area contributed by atoms with Crippen molar-refractivity contribution in [3.8, 4) is 5.69 Å². The molecule has 1 aromatic carbocycles. The Labute approximate surface area is 167 Å². The molecule has 0 spiro atoms. The molecule has 0 N–H and O–H groups in total. The Balaban J connectivity index is 1.68. The number of halogens is 1. The van der Waals surface area contributed by atoms with Gasteiger partial charge in [0.05, 0.1) is 18.8 Å². The number of rotatable bonds is 6. The van der Waals surface area contributed by atoms with Gasteiger partial charge in [0.2, 0.25) is 0 Å². The predicted molar refractivity (Wildman–Crippen MR) is 110 cm³/mol. The van der Waals surface area contributed by atoms with Crippen molar-refractivity contribution in [3.05, 3.63) is 52.3 Å². The monoisotopic (exact) mass is 388 g/mol. The Morgan fingerprint density at radius 1 is 1.19 bits per heavy atom. The largest absolute Gasteiger partial charge is 0.375 e. The number of benzene rings is 1. The third-order valence-electron chi connectivity index (χ3n) is 5.18. The molecule has 0 saturated carbocycles. The molecule has 0 unspecified atom stereocenters. The van der Waals surface area contributed by atoms with E-state index >= 15 is 0 Å². The van der Waals surface area contributed by atoms with E-state index in [2.05, 4.69) is 23.3 Å². The first kappa shape index (κ1) is 20.1. The fourth-order valence-corrected chi connectivity index (χ4v) is 4.04. The molecule has 0 atom stereocenters. The van der Waals surface area contributed by atoms with Gasteiger partial charge in [-0.15, -0.1) is 0 Å². The van der Waals surface area contributed by atoms with Crippen molar-refractivity contribution in [1.82, 2.24) is 9.47 Å². The summed E-state index contributed by atoms with van der Waals surface area (Å²) in [6.07, 6.45) is 2.58. The molecule has 1 aliphatic heterocycles. The fourth-order valence-electron chi connectivity index (χ4n) is 3.91. The van der Waals surface area contributed by atoms with E-state index in [9.17, 15) is 4.79 Å². The van der Waals surface area contributed by atoms with Crippen LogP contribution < -0.4 is 0 Å². The highest BCUT2D eigenvalue weighted by Crippen LogP contribution is 2.23. The molecule has 4 nitrogen and oxygen atoms in total. The second kappa shape index (κ2) is 8.59. The molecule has 0 radical (unpaired) electrons. The molecule has 2 aromatic rings. The van der Waals surface area contributed by atoms with E-state index in [-0.39, 0.29) is 11.9 Å². The van der Waals surface area contributed by atoms with Gasteiger partial charge in [-0.05, 0) is 70.9 Å². The molecule has 0 aliphatic carbocycles. The van der Waals surface area contributed by atoms with E-state index in [0.29, 0.717) is 17.7 Å². The Hall–Kier alpha value is -1.62. The van der Waals surface area contributed by atoms with Gasteiger partial charge in [-0.1, -0.05) is 11.6 Å². The molecular weight excluding hydrogens is 360 g/mol. The minimum Gasteiger partial charge on any atom is -0.375 e. The van der Waals surface area contributed by atoms with Crippen molar-refractivity contribution >= 4 is 17.4 Å².